The molecule has 0 saturated heterocycles. The molecule has 0 radical (unpaired) electrons. The summed E-state index contributed by atoms with van der Waals surface area (Å²) < 4.78 is 32.6. The van der Waals surface area contributed by atoms with Gasteiger partial charge in [-0.3, -0.25) is 4.79 Å². The molecule has 0 unspecified atom stereocenters. The van der Waals surface area contributed by atoms with E-state index in [0.29, 0.717) is 97.7 Å². The van der Waals surface area contributed by atoms with Gasteiger partial charge < -0.3 is 39.1 Å². The van der Waals surface area contributed by atoms with Gasteiger partial charge in [0, 0.05) is 25.6 Å². The van der Waals surface area contributed by atoms with Gasteiger partial charge in [-0.15, -0.1) is 0 Å². The van der Waals surface area contributed by atoms with Gasteiger partial charge in [0.05, 0.1) is 79.3 Å². The Morgan fingerprint density at radius 3 is 1.45 bits per heavy atom. The van der Waals surface area contributed by atoms with Crippen LogP contribution in [0.3, 0.4) is 0 Å². The van der Waals surface area contributed by atoms with Crippen LogP contribution in [0.25, 0.3) is 0 Å². The number of rotatable bonds is 26. The lowest BCUT2D eigenvalue weighted by molar-refractivity contribution is -0.122. The highest BCUT2D eigenvalue weighted by Crippen LogP contribution is 2.01. The highest BCUT2D eigenvalue weighted by molar-refractivity contribution is 5.75. The molecule has 9 heteroatoms. The predicted molar refractivity (Wildman–Crippen MR) is 130 cm³/mol. The van der Waals surface area contributed by atoms with E-state index in [-0.39, 0.29) is 5.91 Å². The SMILES string of the molecule is CC(C)CCCNC(=O)CCOCCOCCOCCOCCOCCOCCNC(C)C. The summed E-state index contributed by atoms with van der Waals surface area (Å²) in [7, 11) is 0. The van der Waals surface area contributed by atoms with Crippen LogP contribution in [0.2, 0.25) is 0 Å². The van der Waals surface area contributed by atoms with Crippen molar-refractivity contribution in [3.05, 3.63) is 0 Å². The minimum absolute atomic E-state index is 0.0427. The molecule has 0 atom stereocenters. The standard InChI is InChI=1S/C24H50N2O7/c1-22(2)6-5-8-26-24(27)7-10-28-12-14-30-16-18-32-20-21-33-19-17-31-15-13-29-11-9-25-23(3)4/h22-23,25H,5-21H2,1-4H3,(H,26,27). The van der Waals surface area contributed by atoms with E-state index >= 15 is 0 Å². The minimum atomic E-state index is 0.0427. The molecule has 0 fully saturated rings. The fourth-order valence-corrected chi connectivity index (χ4v) is 2.61. The molecule has 1 amide bonds. The van der Waals surface area contributed by atoms with Crippen molar-refractivity contribution in [1.82, 2.24) is 10.6 Å². The van der Waals surface area contributed by atoms with Crippen molar-refractivity contribution in [2.45, 2.75) is 53.0 Å². The van der Waals surface area contributed by atoms with Crippen molar-refractivity contribution in [2.24, 2.45) is 5.92 Å². The summed E-state index contributed by atoms with van der Waals surface area (Å²) in [5.41, 5.74) is 0. The van der Waals surface area contributed by atoms with Gasteiger partial charge in [0.2, 0.25) is 5.91 Å². The number of ether oxygens (including phenoxy) is 6. The van der Waals surface area contributed by atoms with Crippen molar-refractivity contribution >= 4 is 5.91 Å². The van der Waals surface area contributed by atoms with Gasteiger partial charge in [-0.25, -0.2) is 0 Å². The van der Waals surface area contributed by atoms with Crippen LogP contribution in [0, 0.1) is 5.92 Å². The Morgan fingerprint density at radius 1 is 0.606 bits per heavy atom. The molecule has 0 saturated carbocycles. The molecule has 2 N–H and O–H groups in total. The first kappa shape index (κ1) is 32.2. The Balaban J connectivity index is 3.11. The second-order valence-electron chi connectivity index (χ2n) is 8.42. The molecule has 0 aliphatic rings. The molecule has 0 rings (SSSR count). The van der Waals surface area contributed by atoms with E-state index in [4.69, 9.17) is 28.4 Å². The first-order chi connectivity index (χ1) is 16.0. The Kier molecular flexibility index (Phi) is 25.2. The van der Waals surface area contributed by atoms with Crippen LogP contribution in [0.5, 0.6) is 0 Å². The van der Waals surface area contributed by atoms with Gasteiger partial charge in [0.1, 0.15) is 0 Å². The van der Waals surface area contributed by atoms with Crippen LogP contribution < -0.4 is 10.6 Å². The number of nitrogens with one attached hydrogen (secondary N) is 2. The second-order valence-corrected chi connectivity index (χ2v) is 8.42. The lowest BCUT2D eigenvalue weighted by atomic mass is 10.1. The van der Waals surface area contributed by atoms with E-state index in [2.05, 4.69) is 38.3 Å². The summed E-state index contributed by atoms with van der Waals surface area (Å²) in [6.07, 6.45) is 2.54. The number of carbonyl (C=O) groups excluding carboxylic acids is 1. The molecule has 198 valence electrons. The second kappa shape index (κ2) is 25.8. The Labute approximate surface area is 201 Å². The van der Waals surface area contributed by atoms with Crippen LogP contribution in [-0.2, 0) is 33.2 Å². The van der Waals surface area contributed by atoms with E-state index in [1.54, 1.807) is 0 Å². The van der Waals surface area contributed by atoms with Crippen molar-refractivity contribution < 1.29 is 33.2 Å². The van der Waals surface area contributed by atoms with Crippen LogP contribution in [-0.4, -0.2) is 104 Å². The monoisotopic (exact) mass is 478 g/mol. The number of carbonyl (C=O) groups is 1. The maximum atomic E-state index is 11.6. The van der Waals surface area contributed by atoms with Crippen LogP contribution in [0.4, 0.5) is 0 Å². The number of amides is 1. The molecule has 0 bridgehead atoms. The summed E-state index contributed by atoms with van der Waals surface area (Å²) in [6, 6.07) is 0.485. The predicted octanol–water partition coefficient (Wildman–Crippen LogP) is 2.03. The Morgan fingerprint density at radius 2 is 1.03 bits per heavy atom. The van der Waals surface area contributed by atoms with Crippen LogP contribution in [0.15, 0.2) is 0 Å². The minimum Gasteiger partial charge on any atom is -0.379 e. The summed E-state index contributed by atoms with van der Waals surface area (Å²) >= 11 is 0. The van der Waals surface area contributed by atoms with Gasteiger partial charge in [-0.05, 0) is 18.8 Å². The zero-order chi connectivity index (χ0) is 24.4. The molecular formula is C24H50N2O7. The molecule has 0 aliphatic heterocycles. The van der Waals surface area contributed by atoms with E-state index in [9.17, 15) is 4.79 Å². The van der Waals surface area contributed by atoms with Crippen molar-refractivity contribution in [3.8, 4) is 0 Å². The van der Waals surface area contributed by atoms with E-state index in [0.717, 1.165) is 25.9 Å². The van der Waals surface area contributed by atoms with Gasteiger partial charge >= 0.3 is 0 Å². The largest absolute Gasteiger partial charge is 0.379 e. The Bertz CT molecular complexity index is 412. The first-order valence-electron chi connectivity index (χ1n) is 12.5. The smallest absolute Gasteiger partial charge is 0.222 e. The molecule has 0 aliphatic carbocycles. The van der Waals surface area contributed by atoms with Gasteiger partial charge in [-0.2, -0.15) is 0 Å². The van der Waals surface area contributed by atoms with Gasteiger partial charge in [0.15, 0.2) is 0 Å². The number of hydrogen-bond acceptors (Lipinski definition) is 8. The molecule has 0 heterocycles. The summed E-state index contributed by atoms with van der Waals surface area (Å²) in [5, 5.41) is 6.20. The fourth-order valence-electron chi connectivity index (χ4n) is 2.61. The van der Waals surface area contributed by atoms with Crippen molar-refractivity contribution in [2.75, 3.05) is 92.4 Å². The highest BCUT2D eigenvalue weighted by Gasteiger charge is 2.01. The summed E-state index contributed by atoms with van der Waals surface area (Å²) in [5.74, 6) is 0.716. The topological polar surface area (TPSA) is 96.5 Å². The third-order valence-corrected chi connectivity index (χ3v) is 4.41. The van der Waals surface area contributed by atoms with E-state index in [1.807, 2.05) is 0 Å². The average molecular weight is 479 g/mol. The van der Waals surface area contributed by atoms with E-state index in [1.165, 1.54) is 0 Å². The number of hydrogen-bond donors (Lipinski definition) is 2. The molecule has 0 aromatic heterocycles. The van der Waals surface area contributed by atoms with Gasteiger partial charge in [0.25, 0.3) is 0 Å². The third-order valence-electron chi connectivity index (χ3n) is 4.41. The zero-order valence-electron chi connectivity index (χ0n) is 21.5. The normalized spacial score (nSPS) is 11.6. The molecule has 0 aromatic rings. The maximum absolute atomic E-state index is 11.6. The van der Waals surface area contributed by atoms with Crippen molar-refractivity contribution in [1.29, 1.82) is 0 Å². The maximum Gasteiger partial charge on any atom is 0.222 e. The molecule has 0 spiro atoms. The van der Waals surface area contributed by atoms with Gasteiger partial charge in [-0.1, -0.05) is 27.7 Å². The summed E-state index contributed by atoms with van der Waals surface area (Å²) in [4.78, 5) is 11.6. The molecular weight excluding hydrogens is 428 g/mol. The third kappa shape index (κ3) is 29.2. The summed E-state index contributed by atoms with van der Waals surface area (Å²) in [6.45, 7) is 16.6. The first-order valence-corrected chi connectivity index (χ1v) is 12.5. The molecule has 33 heavy (non-hydrogen) atoms. The van der Waals surface area contributed by atoms with Crippen LogP contribution >= 0.6 is 0 Å². The fraction of sp³-hybridized carbons (Fsp3) is 0.958. The zero-order valence-corrected chi connectivity index (χ0v) is 21.5. The quantitative estimate of drug-likeness (QED) is 0.182. The Hall–Kier alpha value is -0.810. The lowest BCUT2D eigenvalue weighted by Crippen LogP contribution is -2.27. The van der Waals surface area contributed by atoms with Crippen molar-refractivity contribution in [3.63, 3.8) is 0 Å². The molecule has 9 nitrogen and oxygen atoms in total. The molecule has 0 aromatic carbocycles. The lowest BCUT2D eigenvalue weighted by Gasteiger charge is -2.09. The average Bonchev–Trinajstić information content (AvgIpc) is 2.77. The highest BCUT2D eigenvalue weighted by atomic mass is 16.6. The van der Waals surface area contributed by atoms with E-state index < -0.39 is 0 Å². The van der Waals surface area contributed by atoms with Crippen LogP contribution in [0.1, 0.15) is 47.0 Å².